The van der Waals surface area contributed by atoms with Crippen molar-refractivity contribution in [2.75, 3.05) is 13.6 Å². The van der Waals surface area contributed by atoms with Gasteiger partial charge in [0.2, 0.25) is 5.91 Å². The largest absolute Gasteiger partial charge is 0.349 e. The number of nitrogens with zero attached hydrogens (tertiary/aromatic N) is 2. The van der Waals surface area contributed by atoms with E-state index in [-0.39, 0.29) is 17.7 Å². The minimum atomic E-state index is -0.425. The maximum absolute atomic E-state index is 13.1. The Kier molecular flexibility index (Phi) is 5.84. The lowest BCUT2D eigenvalue weighted by Crippen LogP contribution is -2.46. The maximum Gasteiger partial charge on any atom is 0.254 e. The van der Waals surface area contributed by atoms with Crippen LogP contribution >= 0.6 is 0 Å². The van der Waals surface area contributed by atoms with Crippen LogP contribution in [-0.4, -0.2) is 53.2 Å². The van der Waals surface area contributed by atoms with Crippen molar-refractivity contribution in [1.82, 2.24) is 15.1 Å². The van der Waals surface area contributed by atoms with Gasteiger partial charge in [0.25, 0.3) is 11.8 Å². The molecule has 1 unspecified atom stereocenters. The molecule has 1 aliphatic carbocycles. The van der Waals surface area contributed by atoms with Crippen molar-refractivity contribution in [2.45, 2.75) is 44.3 Å². The first kappa shape index (κ1) is 20.1. The summed E-state index contributed by atoms with van der Waals surface area (Å²) in [4.78, 5) is 41.4. The molecule has 30 heavy (non-hydrogen) atoms. The fourth-order valence-electron chi connectivity index (χ4n) is 3.88. The summed E-state index contributed by atoms with van der Waals surface area (Å²) in [5.41, 5.74) is 2.20. The van der Waals surface area contributed by atoms with Crippen LogP contribution in [0.25, 0.3) is 0 Å². The number of rotatable bonds is 6. The van der Waals surface area contributed by atoms with E-state index in [2.05, 4.69) is 5.32 Å². The molecule has 2 aromatic rings. The SMILES string of the molecule is CN(Cc1ccc(C(=O)NC2CC2)cc1)C(=O)C1CCCN1C(=O)c1ccccc1. The number of nitrogens with one attached hydrogen (secondary N) is 1. The Morgan fingerprint density at radius 2 is 1.67 bits per heavy atom. The van der Waals surface area contributed by atoms with E-state index in [0.29, 0.717) is 36.7 Å². The molecule has 6 heteroatoms. The van der Waals surface area contributed by atoms with Crippen LogP contribution in [0.15, 0.2) is 54.6 Å². The van der Waals surface area contributed by atoms with Gasteiger partial charge in [0.05, 0.1) is 0 Å². The molecular formula is C24H27N3O3. The van der Waals surface area contributed by atoms with Crippen molar-refractivity contribution in [2.24, 2.45) is 0 Å². The summed E-state index contributed by atoms with van der Waals surface area (Å²) in [7, 11) is 1.76. The van der Waals surface area contributed by atoms with Crippen LogP contribution in [-0.2, 0) is 11.3 Å². The lowest BCUT2D eigenvalue weighted by atomic mass is 10.1. The minimum absolute atomic E-state index is 0.0468. The number of hydrogen-bond acceptors (Lipinski definition) is 3. The third kappa shape index (κ3) is 4.53. The number of likely N-dealkylation sites (N-methyl/N-ethyl adjacent to an activating group) is 1. The van der Waals surface area contributed by atoms with E-state index in [4.69, 9.17) is 0 Å². The molecule has 1 atom stereocenters. The minimum Gasteiger partial charge on any atom is -0.349 e. The molecule has 1 saturated heterocycles. The second kappa shape index (κ2) is 8.69. The van der Waals surface area contributed by atoms with Crippen molar-refractivity contribution < 1.29 is 14.4 Å². The van der Waals surface area contributed by atoms with E-state index >= 15 is 0 Å². The number of likely N-dealkylation sites (tertiary alicyclic amines) is 1. The average molecular weight is 405 g/mol. The second-order valence-corrected chi connectivity index (χ2v) is 8.16. The average Bonchev–Trinajstić information content (AvgIpc) is 3.45. The zero-order valence-corrected chi connectivity index (χ0v) is 17.2. The zero-order chi connectivity index (χ0) is 21.1. The Bertz CT molecular complexity index is 922. The van der Waals surface area contributed by atoms with Gasteiger partial charge < -0.3 is 15.1 Å². The van der Waals surface area contributed by atoms with Gasteiger partial charge in [-0.2, -0.15) is 0 Å². The Balaban J connectivity index is 1.37. The van der Waals surface area contributed by atoms with E-state index in [1.807, 2.05) is 30.3 Å². The molecule has 1 saturated carbocycles. The molecule has 0 spiro atoms. The molecule has 0 aromatic heterocycles. The Labute approximate surface area is 176 Å². The predicted molar refractivity (Wildman–Crippen MR) is 114 cm³/mol. The Morgan fingerprint density at radius 3 is 2.33 bits per heavy atom. The number of carbonyl (C=O) groups excluding carboxylic acids is 3. The first-order valence-corrected chi connectivity index (χ1v) is 10.5. The van der Waals surface area contributed by atoms with Crippen LogP contribution in [0.1, 0.15) is 52.0 Å². The molecule has 2 fully saturated rings. The molecule has 0 bridgehead atoms. The summed E-state index contributed by atoms with van der Waals surface area (Å²) in [5.74, 6) is -0.187. The molecule has 4 rings (SSSR count). The van der Waals surface area contributed by atoms with Crippen molar-refractivity contribution in [3.05, 3.63) is 71.3 Å². The maximum atomic E-state index is 13.1. The van der Waals surface area contributed by atoms with Crippen molar-refractivity contribution in [1.29, 1.82) is 0 Å². The number of amides is 3. The standard InChI is InChI=1S/C24H27N3O3/c1-26(16-17-9-11-18(12-10-17)22(28)25-20-13-14-20)24(30)21-8-5-15-27(21)23(29)19-6-3-2-4-7-19/h2-4,6-7,9-12,20-21H,5,8,13-16H2,1H3,(H,25,28). The molecule has 3 amide bonds. The fourth-order valence-corrected chi connectivity index (χ4v) is 3.88. The second-order valence-electron chi connectivity index (χ2n) is 8.16. The molecule has 1 N–H and O–H groups in total. The van der Waals surface area contributed by atoms with Gasteiger partial charge in [-0.05, 0) is 55.5 Å². The quantitative estimate of drug-likeness (QED) is 0.804. The Hall–Kier alpha value is -3.15. The van der Waals surface area contributed by atoms with E-state index in [9.17, 15) is 14.4 Å². The summed E-state index contributed by atoms with van der Waals surface area (Å²) < 4.78 is 0. The third-order valence-electron chi connectivity index (χ3n) is 5.74. The van der Waals surface area contributed by atoms with Crippen LogP contribution in [0, 0.1) is 0 Å². The lowest BCUT2D eigenvalue weighted by Gasteiger charge is -2.28. The van der Waals surface area contributed by atoms with Gasteiger partial charge in [0, 0.05) is 37.3 Å². The lowest BCUT2D eigenvalue weighted by molar-refractivity contribution is -0.134. The van der Waals surface area contributed by atoms with Crippen molar-refractivity contribution in [3.63, 3.8) is 0 Å². The van der Waals surface area contributed by atoms with E-state index in [1.165, 1.54) is 0 Å². The monoisotopic (exact) mass is 405 g/mol. The number of hydrogen-bond donors (Lipinski definition) is 1. The smallest absolute Gasteiger partial charge is 0.254 e. The van der Waals surface area contributed by atoms with Gasteiger partial charge in [0.1, 0.15) is 6.04 Å². The highest BCUT2D eigenvalue weighted by atomic mass is 16.2. The summed E-state index contributed by atoms with van der Waals surface area (Å²) >= 11 is 0. The van der Waals surface area contributed by atoms with Gasteiger partial charge in [0.15, 0.2) is 0 Å². The van der Waals surface area contributed by atoms with E-state index < -0.39 is 6.04 Å². The van der Waals surface area contributed by atoms with Crippen LogP contribution in [0.3, 0.4) is 0 Å². The van der Waals surface area contributed by atoms with E-state index in [1.54, 1.807) is 41.1 Å². The first-order valence-electron chi connectivity index (χ1n) is 10.5. The predicted octanol–water partition coefficient (Wildman–Crippen LogP) is 2.84. The van der Waals surface area contributed by atoms with Crippen LogP contribution in [0.4, 0.5) is 0 Å². The highest BCUT2D eigenvalue weighted by Gasteiger charge is 2.36. The Morgan fingerprint density at radius 1 is 0.967 bits per heavy atom. The van der Waals surface area contributed by atoms with Crippen molar-refractivity contribution in [3.8, 4) is 0 Å². The van der Waals surface area contributed by atoms with Crippen LogP contribution in [0.5, 0.6) is 0 Å². The number of benzene rings is 2. The zero-order valence-electron chi connectivity index (χ0n) is 17.2. The fraction of sp³-hybridized carbons (Fsp3) is 0.375. The molecule has 156 valence electrons. The molecule has 6 nitrogen and oxygen atoms in total. The van der Waals surface area contributed by atoms with Gasteiger partial charge in [-0.15, -0.1) is 0 Å². The molecule has 1 aliphatic heterocycles. The normalized spacial score (nSPS) is 18.2. The summed E-state index contributed by atoms with van der Waals surface area (Å²) in [6.45, 7) is 1.04. The van der Waals surface area contributed by atoms with Crippen molar-refractivity contribution >= 4 is 17.7 Å². The van der Waals surface area contributed by atoms with Gasteiger partial charge in [-0.1, -0.05) is 30.3 Å². The molecule has 1 heterocycles. The third-order valence-corrected chi connectivity index (χ3v) is 5.74. The van der Waals surface area contributed by atoms with Gasteiger partial charge in [-0.3, -0.25) is 14.4 Å². The topological polar surface area (TPSA) is 69.7 Å². The molecule has 2 aromatic carbocycles. The van der Waals surface area contributed by atoms with Crippen LogP contribution in [0.2, 0.25) is 0 Å². The van der Waals surface area contributed by atoms with Gasteiger partial charge >= 0.3 is 0 Å². The van der Waals surface area contributed by atoms with Crippen LogP contribution < -0.4 is 5.32 Å². The highest BCUT2D eigenvalue weighted by molar-refractivity contribution is 5.98. The summed E-state index contributed by atoms with van der Waals surface area (Å²) in [6.07, 6.45) is 3.62. The van der Waals surface area contributed by atoms with Gasteiger partial charge in [-0.25, -0.2) is 0 Å². The highest BCUT2D eigenvalue weighted by Crippen LogP contribution is 2.23. The molecular weight excluding hydrogens is 378 g/mol. The van der Waals surface area contributed by atoms with E-state index in [0.717, 1.165) is 24.8 Å². The number of carbonyl (C=O) groups is 3. The summed E-state index contributed by atoms with van der Waals surface area (Å²) in [5, 5.41) is 2.97. The summed E-state index contributed by atoms with van der Waals surface area (Å²) in [6, 6.07) is 16.4. The molecule has 2 aliphatic rings. The molecule has 0 radical (unpaired) electrons. The first-order chi connectivity index (χ1) is 14.5.